The molecule has 0 radical (unpaired) electrons. The third kappa shape index (κ3) is 3.55. The van der Waals surface area contributed by atoms with Crippen LogP contribution in [-0.2, 0) is 9.59 Å². The number of hydrogen-bond donors (Lipinski definition) is 2. The lowest BCUT2D eigenvalue weighted by Crippen LogP contribution is -2.33. The van der Waals surface area contributed by atoms with E-state index in [-0.39, 0.29) is 30.0 Å². The van der Waals surface area contributed by atoms with E-state index < -0.39 is 0 Å². The zero-order chi connectivity index (χ0) is 18.0. The summed E-state index contributed by atoms with van der Waals surface area (Å²) in [5.74, 6) is -0.358. The number of benzene rings is 2. The van der Waals surface area contributed by atoms with Crippen molar-refractivity contribution in [2.24, 2.45) is 0 Å². The van der Waals surface area contributed by atoms with Crippen LogP contribution in [0.25, 0.3) is 6.08 Å². The summed E-state index contributed by atoms with van der Waals surface area (Å²) in [6, 6.07) is 12.4. The number of rotatable bonds is 3. The van der Waals surface area contributed by atoms with Crippen molar-refractivity contribution in [2.75, 3.05) is 5.32 Å². The standard InChI is InChI=1S/C20H20N2O3/c1-13-7-8-17(19(24)11-13)21-20(25)12-18-16-6-4-3-5-15(16)9-10-22(18)14(2)23/h3-11,18,24H,12H2,1-2H3,(H,21,25)/t18-/m0/s1. The van der Waals surface area contributed by atoms with Crippen molar-refractivity contribution < 1.29 is 14.7 Å². The van der Waals surface area contributed by atoms with Crippen LogP contribution >= 0.6 is 0 Å². The molecule has 1 atom stereocenters. The number of fused-ring (bicyclic) bond motifs is 1. The molecule has 0 aliphatic carbocycles. The summed E-state index contributed by atoms with van der Waals surface area (Å²) in [7, 11) is 0. The van der Waals surface area contributed by atoms with Gasteiger partial charge in [-0.1, -0.05) is 30.3 Å². The number of nitrogens with one attached hydrogen (secondary N) is 1. The van der Waals surface area contributed by atoms with E-state index in [1.165, 1.54) is 6.92 Å². The van der Waals surface area contributed by atoms with Gasteiger partial charge in [0, 0.05) is 13.1 Å². The van der Waals surface area contributed by atoms with Crippen LogP contribution in [0.3, 0.4) is 0 Å². The van der Waals surface area contributed by atoms with Gasteiger partial charge < -0.3 is 15.3 Å². The molecule has 3 rings (SSSR count). The molecule has 128 valence electrons. The zero-order valence-electron chi connectivity index (χ0n) is 14.2. The van der Waals surface area contributed by atoms with Gasteiger partial charge in [0.25, 0.3) is 0 Å². The number of aryl methyl sites for hydroxylation is 1. The number of carbonyl (C=O) groups excluding carboxylic acids is 2. The van der Waals surface area contributed by atoms with Crippen molar-refractivity contribution in [3.8, 4) is 5.75 Å². The summed E-state index contributed by atoms with van der Waals surface area (Å²) in [4.78, 5) is 26.0. The molecule has 2 N–H and O–H groups in total. The lowest BCUT2D eigenvalue weighted by molar-refractivity contribution is -0.129. The monoisotopic (exact) mass is 336 g/mol. The maximum atomic E-state index is 12.5. The molecule has 1 aliphatic rings. The van der Waals surface area contributed by atoms with E-state index >= 15 is 0 Å². The quantitative estimate of drug-likeness (QED) is 0.841. The van der Waals surface area contributed by atoms with E-state index in [0.717, 1.165) is 16.7 Å². The van der Waals surface area contributed by atoms with Crippen molar-refractivity contribution in [3.63, 3.8) is 0 Å². The molecule has 0 aromatic heterocycles. The van der Waals surface area contributed by atoms with Crippen molar-refractivity contribution in [2.45, 2.75) is 26.3 Å². The van der Waals surface area contributed by atoms with Gasteiger partial charge in [-0.25, -0.2) is 0 Å². The molecule has 5 nitrogen and oxygen atoms in total. The Morgan fingerprint density at radius 2 is 1.96 bits per heavy atom. The SMILES string of the molecule is CC(=O)N1C=Cc2ccccc2[C@@H]1CC(=O)Nc1ccc(C)cc1O. The molecule has 0 saturated carbocycles. The molecule has 2 amide bonds. The van der Waals surface area contributed by atoms with Gasteiger partial charge in [0.2, 0.25) is 11.8 Å². The van der Waals surface area contributed by atoms with Crippen LogP contribution in [0.5, 0.6) is 5.75 Å². The van der Waals surface area contributed by atoms with Crippen LogP contribution in [0.4, 0.5) is 5.69 Å². The molecular weight excluding hydrogens is 316 g/mol. The summed E-state index contributed by atoms with van der Waals surface area (Å²) in [6.07, 6.45) is 3.69. The van der Waals surface area contributed by atoms with Gasteiger partial charge in [-0.05, 0) is 41.8 Å². The van der Waals surface area contributed by atoms with E-state index in [2.05, 4.69) is 5.32 Å². The molecule has 0 fully saturated rings. The number of carbonyl (C=O) groups is 2. The fourth-order valence-electron chi connectivity index (χ4n) is 3.04. The summed E-state index contributed by atoms with van der Waals surface area (Å²) >= 11 is 0. The van der Waals surface area contributed by atoms with Crippen molar-refractivity contribution in [1.29, 1.82) is 0 Å². The zero-order valence-corrected chi connectivity index (χ0v) is 14.2. The maximum Gasteiger partial charge on any atom is 0.226 e. The molecular formula is C20H20N2O3. The Bertz CT molecular complexity index is 858. The van der Waals surface area contributed by atoms with Crippen LogP contribution in [0.15, 0.2) is 48.7 Å². The van der Waals surface area contributed by atoms with Crippen LogP contribution in [0.2, 0.25) is 0 Å². The van der Waals surface area contributed by atoms with E-state index in [9.17, 15) is 14.7 Å². The highest BCUT2D eigenvalue weighted by molar-refractivity contribution is 5.93. The van der Waals surface area contributed by atoms with Gasteiger partial charge in [-0.3, -0.25) is 9.59 Å². The molecule has 0 unspecified atom stereocenters. The molecule has 0 saturated heterocycles. The summed E-state index contributed by atoms with van der Waals surface area (Å²) in [5, 5.41) is 12.7. The molecule has 0 bridgehead atoms. The van der Waals surface area contributed by atoms with Crippen molar-refractivity contribution in [1.82, 2.24) is 4.90 Å². The molecule has 1 heterocycles. The minimum atomic E-state index is -0.369. The summed E-state index contributed by atoms with van der Waals surface area (Å²) in [5.41, 5.74) is 3.20. The number of amides is 2. The highest BCUT2D eigenvalue weighted by atomic mass is 16.3. The van der Waals surface area contributed by atoms with E-state index in [0.29, 0.717) is 5.69 Å². The Labute approximate surface area is 146 Å². The molecule has 0 spiro atoms. The maximum absolute atomic E-state index is 12.5. The number of nitrogens with zero attached hydrogens (tertiary/aromatic N) is 1. The third-order valence-corrected chi connectivity index (χ3v) is 4.28. The molecule has 5 heteroatoms. The first-order valence-corrected chi connectivity index (χ1v) is 8.11. The molecule has 25 heavy (non-hydrogen) atoms. The highest BCUT2D eigenvalue weighted by Gasteiger charge is 2.28. The average molecular weight is 336 g/mol. The fraction of sp³-hybridized carbons (Fsp3) is 0.200. The summed E-state index contributed by atoms with van der Waals surface area (Å²) in [6.45, 7) is 3.34. The van der Waals surface area contributed by atoms with Crippen molar-refractivity contribution >= 4 is 23.6 Å². The smallest absolute Gasteiger partial charge is 0.226 e. The average Bonchev–Trinajstić information content (AvgIpc) is 2.57. The minimum Gasteiger partial charge on any atom is -0.506 e. The number of phenolic OH excluding ortho intramolecular Hbond substituents is 1. The van der Waals surface area contributed by atoms with Crippen molar-refractivity contribution in [3.05, 3.63) is 65.4 Å². The topological polar surface area (TPSA) is 69.6 Å². The second-order valence-electron chi connectivity index (χ2n) is 6.16. The normalized spacial score (nSPS) is 15.6. The van der Waals surface area contributed by atoms with Gasteiger partial charge >= 0.3 is 0 Å². The van der Waals surface area contributed by atoms with Gasteiger partial charge in [0.05, 0.1) is 18.2 Å². The van der Waals surface area contributed by atoms with E-state index in [4.69, 9.17) is 0 Å². The number of hydrogen-bond acceptors (Lipinski definition) is 3. The summed E-state index contributed by atoms with van der Waals surface area (Å²) < 4.78 is 0. The van der Waals surface area contributed by atoms with Crippen LogP contribution in [0.1, 0.15) is 36.1 Å². The molecule has 2 aromatic rings. The Morgan fingerprint density at radius 3 is 2.68 bits per heavy atom. The highest BCUT2D eigenvalue weighted by Crippen LogP contribution is 2.33. The van der Waals surface area contributed by atoms with Crippen LogP contribution < -0.4 is 5.32 Å². The Morgan fingerprint density at radius 1 is 1.20 bits per heavy atom. The van der Waals surface area contributed by atoms with E-state index in [1.807, 2.05) is 43.3 Å². The van der Waals surface area contributed by atoms with Crippen LogP contribution in [0, 0.1) is 6.92 Å². The Kier molecular flexibility index (Phi) is 4.57. The molecule has 1 aliphatic heterocycles. The lowest BCUT2D eigenvalue weighted by atomic mass is 9.93. The first-order chi connectivity index (χ1) is 12.0. The number of anilines is 1. The van der Waals surface area contributed by atoms with Gasteiger partial charge in [0.1, 0.15) is 5.75 Å². The predicted octanol–water partition coefficient (Wildman–Crippen LogP) is 3.60. The first kappa shape index (κ1) is 16.8. The third-order valence-electron chi connectivity index (χ3n) is 4.28. The number of phenols is 1. The fourth-order valence-corrected chi connectivity index (χ4v) is 3.04. The predicted molar refractivity (Wildman–Crippen MR) is 96.8 cm³/mol. The molecule has 2 aromatic carbocycles. The van der Waals surface area contributed by atoms with Gasteiger partial charge in [-0.2, -0.15) is 0 Å². The second kappa shape index (κ2) is 6.81. The number of aromatic hydroxyl groups is 1. The van der Waals surface area contributed by atoms with Gasteiger partial charge in [-0.15, -0.1) is 0 Å². The largest absolute Gasteiger partial charge is 0.506 e. The second-order valence-corrected chi connectivity index (χ2v) is 6.16. The lowest BCUT2D eigenvalue weighted by Gasteiger charge is -2.32. The van der Waals surface area contributed by atoms with Crippen LogP contribution in [-0.4, -0.2) is 21.8 Å². The first-order valence-electron chi connectivity index (χ1n) is 8.11. The van der Waals surface area contributed by atoms with Gasteiger partial charge in [0.15, 0.2) is 0 Å². The Hall–Kier alpha value is -3.08. The minimum absolute atomic E-state index is 0.0284. The van der Waals surface area contributed by atoms with E-state index in [1.54, 1.807) is 23.2 Å². The Balaban J connectivity index is 1.82.